The van der Waals surface area contributed by atoms with E-state index in [2.05, 4.69) is 0 Å². The Balaban J connectivity index is 2.26. The van der Waals surface area contributed by atoms with Crippen molar-refractivity contribution in [3.8, 4) is 11.8 Å². The number of nitriles is 1. The summed E-state index contributed by atoms with van der Waals surface area (Å²) < 4.78 is 5.37. The Kier molecular flexibility index (Phi) is 2.09. The molecular formula is C11H9NO3. The van der Waals surface area contributed by atoms with E-state index in [-0.39, 0.29) is 0 Å². The van der Waals surface area contributed by atoms with Crippen LogP contribution in [0, 0.1) is 11.3 Å². The van der Waals surface area contributed by atoms with Crippen LogP contribution in [0.25, 0.3) is 0 Å². The molecule has 1 aromatic carbocycles. The first-order chi connectivity index (χ1) is 7.18. The highest BCUT2D eigenvalue weighted by Gasteiger charge is 2.53. The molecule has 0 radical (unpaired) electrons. The van der Waals surface area contributed by atoms with Crippen LogP contribution in [0.3, 0.4) is 0 Å². The van der Waals surface area contributed by atoms with Crippen LogP contribution in [-0.4, -0.2) is 16.7 Å². The van der Waals surface area contributed by atoms with Gasteiger partial charge in [0.2, 0.25) is 5.60 Å². The lowest BCUT2D eigenvalue weighted by molar-refractivity contribution is -0.147. The number of nitrogens with zero attached hydrogens (tertiary/aromatic N) is 1. The Morgan fingerprint density at radius 2 is 2.13 bits per heavy atom. The van der Waals surface area contributed by atoms with Crippen LogP contribution in [0.2, 0.25) is 0 Å². The standard InChI is InChI=1S/C11H9NO3/c12-7-8-3-1-2-4-9(8)15-11(5-6-11)10(13)14/h1-4H,5-6H2,(H,13,14). The lowest BCUT2D eigenvalue weighted by Crippen LogP contribution is -2.29. The van der Waals surface area contributed by atoms with Crippen LogP contribution in [0.4, 0.5) is 0 Å². The van der Waals surface area contributed by atoms with Crippen molar-refractivity contribution in [2.24, 2.45) is 0 Å². The van der Waals surface area contributed by atoms with Crippen molar-refractivity contribution < 1.29 is 14.6 Å². The average Bonchev–Trinajstić information content (AvgIpc) is 3.00. The molecule has 0 heterocycles. The zero-order valence-corrected chi connectivity index (χ0v) is 7.93. The van der Waals surface area contributed by atoms with Crippen molar-refractivity contribution in [1.82, 2.24) is 0 Å². The van der Waals surface area contributed by atoms with E-state index in [1.54, 1.807) is 24.3 Å². The van der Waals surface area contributed by atoms with Crippen molar-refractivity contribution in [3.05, 3.63) is 29.8 Å². The second-order valence-electron chi connectivity index (χ2n) is 3.51. The number of carboxylic acid groups (broad SMARTS) is 1. The van der Waals surface area contributed by atoms with Gasteiger partial charge in [0.1, 0.15) is 11.8 Å². The van der Waals surface area contributed by atoms with Gasteiger partial charge in [-0.2, -0.15) is 5.26 Å². The first kappa shape index (κ1) is 9.53. The quantitative estimate of drug-likeness (QED) is 0.809. The molecular weight excluding hydrogens is 194 g/mol. The highest BCUT2D eigenvalue weighted by atomic mass is 16.5. The number of hydrogen-bond acceptors (Lipinski definition) is 3. The molecule has 0 saturated heterocycles. The van der Waals surface area contributed by atoms with Crippen molar-refractivity contribution in [1.29, 1.82) is 5.26 Å². The molecule has 0 bridgehead atoms. The summed E-state index contributed by atoms with van der Waals surface area (Å²) in [7, 11) is 0. The third-order valence-corrected chi connectivity index (χ3v) is 2.41. The van der Waals surface area contributed by atoms with Crippen LogP contribution in [0.5, 0.6) is 5.75 Å². The maximum Gasteiger partial charge on any atom is 0.348 e. The molecule has 1 N–H and O–H groups in total. The lowest BCUT2D eigenvalue weighted by Gasteiger charge is -2.13. The van der Waals surface area contributed by atoms with E-state index in [1.165, 1.54) is 0 Å². The van der Waals surface area contributed by atoms with Gasteiger partial charge in [-0.15, -0.1) is 0 Å². The van der Waals surface area contributed by atoms with E-state index < -0.39 is 11.6 Å². The number of aliphatic carboxylic acids is 1. The van der Waals surface area contributed by atoms with Crippen molar-refractivity contribution in [2.45, 2.75) is 18.4 Å². The molecule has 0 unspecified atom stereocenters. The SMILES string of the molecule is N#Cc1ccccc1OC1(C(=O)O)CC1. The van der Waals surface area contributed by atoms with Crippen molar-refractivity contribution in [3.63, 3.8) is 0 Å². The van der Waals surface area contributed by atoms with Crippen LogP contribution in [-0.2, 0) is 4.79 Å². The number of hydrogen-bond donors (Lipinski definition) is 1. The molecule has 0 aromatic heterocycles. The van der Waals surface area contributed by atoms with Crippen LogP contribution in [0.1, 0.15) is 18.4 Å². The van der Waals surface area contributed by atoms with E-state index in [0.29, 0.717) is 24.2 Å². The Bertz CT molecular complexity index is 443. The summed E-state index contributed by atoms with van der Waals surface area (Å²) in [6, 6.07) is 8.61. The number of carboxylic acids is 1. The molecule has 0 amide bonds. The summed E-state index contributed by atoms with van der Waals surface area (Å²) in [4.78, 5) is 10.9. The van der Waals surface area contributed by atoms with E-state index in [1.807, 2.05) is 6.07 Å². The fourth-order valence-electron chi connectivity index (χ4n) is 1.33. The molecule has 76 valence electrons. The van der Waals surface area contributed by atoms with Crippen molar-refractivity contribution in [2.75, 3.05) is 0 Å². The molecule has 1 aliphatic rings. The highest BCUT2D eigenvalue weighted by molar-refractivity contribution is 5.81. The van der Waals surface area contributed by atoms with E-state index in [4.69, 9.17) is 15.1 Å². The normalized spacial score (nSPS) is 16.5. The molecule has 1 saturated carbocycles. The van der Waals surface area contributed by atoms with Crippen LogP contribution < -0.4 is 4.74 Å². The molecule has 4 heteroatoms. The number of para-hydroxylation sites is 1. The first-order valence-corrected chi connectivity index (χ1v) is 4.59. The molecule has 1 fully saturated rings. The molecule has 4 nitrogen and oxygen atoms in total. The zero-order valence-electron chi connectivity index (χ0n) is 7.93. The molecule has 2 rings (SSSR count). The minimum Gasteiger partial charge on any atom is -0.478 e. The number of benzene rings is 1. The van der Waals surface area contributed by atoms with Gasteiger partial charge in [-0.3, -0.25) is 0 Å². The Labute approximate surface area is 86.7 Å². The van der Waals surface area contributed by atoms with Gasteiger partial charge in [0.25, 0.3) is 0 Å². The molecule has 0 spiro atoms. The Morgan fingerprint density at radius 1 is 1.47 bits per heavy atom. The smallest absolute Gasteiger partial charge is 0.348 e. The van der Waals surface area contributed by atoms with E-state index in [0.717, 1.165) is 0 Å². The second-order valence-corrected chi connectivity index (χ2v) is 3.51. The predicted octanol–water partition coefficient (Wildman–Crippen LogP) is 1.55. The van der Waals surface area contributed by atoms with Gasteiger partial charge in [0.05, 0.1) is 5.56 Å². The van der Waals surface area contributed by atoms with Gasteiger partial charge in [0.15, 0.2) is 0 Å². The zero-order chi connectivity index (χ0) is 10.9. The average molecular weight is 203 g/mol. The summed E-state index contributed by atoms with van der Waals surface area (Å²) in [5.74, 6) is -0.616. The number of carbonyl (C=O) groups is 1. The molecule has 0 aliphatic heterocycles. The maximum absolute atomic E-state index is 10.9. The van der Waals surface area contributed by atoms with E-state index in [9.17, 15) is 4.79 Å². The predicted molar refractivity (Wildman–Crippen MR) is 51.4 cm³/mol. The third kappa shape index (κ3) is 1.64. The molecule has 1 aromatic rings. The lowest BCUT2D eigenvalue weighted by atomic mass is 10.2. The minimum absolute atomic E-state index is 0.347. The van der Waals surface area contributed by atoms with Gasteiger partial charge in [-0.25, -0.2) is 4.79 Å². The number of ether oxygens (including phenoxy) is 1. The first-order valence-electron chi connectivity index (χ1n) is 4.59. The van der Waals surface area contributed by atoms with Crippen LogP contribution >= 0.6 is 0 Å². The Hall–Kier alpha value is -2.02. The molecule has 0 atom stereocenters. The summed E-state index contributed by atoms with van der Waals surface area (Å²) >= 11 is 0. The summed E-state index contributed by atoms with van der Waals surface area (Å²) in [5, 5.41) is 17.7. The molecule has 15 heavy (non-hydrogen) atoms. The van der Waals surface area contributed by atoms with Gasteiger partial charge in [-0.05, 0) is 12.1 Å². The maximum atomic E-state index is 10.9. The monoisotopic (exact) mass is 203 g/mol. The van der Waals surface area contributed by atoms with Crippen LogP contribution in [0.15, 0.2) is 24.3 Å². The summed E-state index contributed by atoms with van der Waals surface area (Å²) in [6.07, 6.45) is 1.00. The third-order valence-electron chi connectivity index (χ3n) is 2.41. The van der Waals surface area contributed by atoms with E-state index >= 15 is 0 Å². The van der Waals surface area contributed by atoms with Gasteiger partial charge < -0.3 is 9.84 Å². The number of rotatable bonds is 3. The minimum atomic E-state index is -1.09. The highest BCUT2D eigenvalue weighted by Crippen LogP contribution is 2.41. The fraction of sp³-hybridized carbons (Fsp3) is 0.273. The second kappa shape index (κ2) is 3.28. The van der Waals surface area contributed by atoms with Gasteiger partial charge >= 0.3 is 5.97 Å². The summed E-state index contributed by atoms with van der Waals surface area (Å²) in [5.41, 5.74) is -0.725. The largest absolute Gasteiger partial charge is 0.478 e. The van der Waals surface area contributed by atoms with Gasteiger partial charge in [-0.1, -0.05) is 12.1 Å². The van der Waals surface area contributed by atoms with Crippen molar-refractivity contribution >= 4 is 5.97 Å². The topological polar surface area (TPSA) is 70.3 Å². The Morgan fingerprint density at radius 3 is 2.67 bits per heavy atom. The molecule has 1 aliphatic carbocycles. The van der Waals surface area contributed by atoms with Gasteiger partial charge in [0, 0.05) is 12.8 Å². The fourth-order valence-corrected chi connectivity index (χ4v) is 1.33. The summed E-state index contributed by atoms with van der Waals surface area (Å²) in [6.45, 7) is 0.